The molecule has 0 aliphatic carbocycles. The number of morpholine rings is 1. The summed E-state index contributed by atoms with van der Waals surface area (Å²) in [6, 6.07) is 15.6. The van der Waals surface area contributed by atoms with E-state index in [0.29, 0.717) is 13.2 Å². The molecule has 1 aliphatic rings. The summed E-state index contributed by atoms with van der Waals surface area (Å²) in [5.41, 5.74) is 1.82. The van der Waals surface area contributed by atoms with Crippen LogP contribution in [-0.4, -0.2) is 43.3 Å². The highest BCUT2D eigenvalue weighted by molar-refractivity contribution is 5.89. The number of rotatable bonds is 5. The molecule has 1 atom stereocenters. The van der Waals surface area contributed by atoms with Crippen molar-refractivity contribution < 1.29 is 13.9 Å². The van der Waals surface area contributed by atoms with Crippen molar-refractivity contribution in [3.8, 4) is 0 Å². The lowest BCUT2D eigenvalue weighted by Gasteiger charge is -2.33. The summed E-state index contributed by atoms with van der Waals surface area (Å²) in [6.07, 6.45) is -0.0595. The first-order valence-electron chi connectivity index (χ1n) is 8.37. The molecule has 132 valence electrons. The van der Waals surface area contributed by atoms with E-state index >= 15 is 0 Å². The van der Waals surface area contributed by atoms with Crippen molar-refractivity contribution in [2.75, 3.05) is 31.6 Å². The van der Waals surface area contributed by atoms with Crippen LogP contribution in [0.5, 0.6) is 0 Å². The molecule has 0 aromatic heterocycles. The lowest BCUT2D eigenvalue weighted by molar-refractivity contribution is -0.0285. The van der Waals surface area contributed by atoms with Gasteiger partial charge in [-0.1, -0.05) is 30.3 Å². The molecular formula is C19H22FN3O2. The highest BCUT2D eigenvalue weighted by Gasteiger charge is 2.21. The molecule has 0 radical (unpaired) electrons. The smallest absolute Gasteiger partial charge is 0.319 e. The molecule has 0 bridgehead atoms. The molecule has 1 heterocycles. The Morgan fingerprint density at radius 3 is 2.68 bits per heavy atom. The van der Waals surface area contributed by atoms with E-state index in [4.69, 9.17) is 4.74 Å². The van der Waals surface area contributed by atoms with Crippen LogP contribution < -0.4 is 10.6 Å². The average molecular weight is 343 g/mol. The summed E-state index contributed by atoms with van der Waals surface area (Å²) < 4.78 is 18.7. The first-order valence-corrected chi connectivity index (χ1v) is 8.37. The second kappa shape index (κ2) is 8.60. The summed E-state index contributed by atoms with van der Waals surface area (Å²) in [5.74, 6) is -0.225. The van der Waals surface area contributed by atoms with Gasteiger partial charge in [-0.15, -0.1) is 0 Å². The van der Waals surface area contributed by atoms with Crippen molar-refractivity contribution in [1.29, 1.82) is 0 Å². The van der Waals surface area contributed by atoms with E-state index in [0.717, 1.165) is 30.9 Å². The van der Waals surface area contributed by atoms with Crippen molar-refractivity contribution in [1.82, 2.24) is 10.2 Å². The number of halogens is 1. The van der Waals surface area contributed by atoms with Crippen LogP contribution in [0, 0.1) is 5.82 Å². The first kappa shape index (κ1) is 17.4. The number of anilines is 1. The Labute approximate surface area is 146 Å². The maximum Gasteiger partial charge on any atom is 0.319 e. The lowest BCUT2D eigenvalue weighted by Crippen LogP contribution is -2.47. The molecule has 25 heavy (non-hydrogen) atoms. The second-order valence-corrected chi connectivity index (χ2v) is 6.06. The van der Waals surface area contributed by atoms with Crippen LogP contribution in [-0.2, 0) is 11.3 Å². The van der Waals surface area contributed by atoms with E-state index < -0.39 is 0 Å². The quantitative estimate of drug-likeness (QED) is 0.878. The molecule has 2 aromatic carbocycles. The number of ether oxygens (including phenoxy) is 1. The fourth-order valence-corrected chi connectivity index (χ4v) is 2.80. The van der Waals surface area contributed by atoms with Crippen LogP contribution in [0.1, 0.15) is 5.56 Å². The van der Waals surface area contributed by atoms with Crippen LogP contribution in [0.25, 0.3) is 0 Å². The molecule has 3 rings (SSSR count). The minimum absolute atomic E-state index is 0.0595. The Balaban J connectivity index is 1.43. The van der Waals surface area contributed by atoms with E-state index in [9.17, 15) is 9.18 Å². The summed E-state index contributed by atoms with van der Waals surface area (Å²) in [4.78, 5) is 14.2. The van der Waals surface area contributed by atoms with Crippen LogP contribution in [0.15, 0.2) is 54.6 Å². The van der Waals surface area contributed by atoms with Crippen LogP contribution in [0.2, 0.25) is 0 Å². The number of para-hydroxylation sites is 1. The zero-order valence-electron chi connectivity index (χ0n) is 14.0. The second-order valence-electron chi connectivity index (χ2n) is 6.06. The predicted octanol–water partition coefficient (Wildman–Crippen LogP) is 2.85. The maximum atomic E-state index is 13.0. The van der Waals surface area contributed by atoms with E-state index in [1.165, 1.54) is 12.1 Å². The van der Waals surface area contributed by atoms with Gasteiger partial charge in [-0.05, 0) is 29.8 Å². The highest BCUT2D eigenvalue weighted by Crippen LogP contribution is 2.11. The Kier molecular flexibility index (Phi) is 5.98. The zero-order chi connectivity index (χ0) is 17.5. The van der Waals surface area contributed by atoms with Gasteiger partial charge in [0.25, 0.3) is 0 Å². The van der Waals surface area contributed by atoms with E-state index in [1.54, 1.807) is 12.1 Å². The number of amides is 2. The molecular weight excluding hydrogens is 321 g/mol. The van der Waals surface area contributed by atoms with Crippen molar-refractivity contribution in [2.24, 2.45) is 0 Å². The van der Waals surface area contributed by atoms with E-state index in [2.05, 4.69) is 15.5 Å². The molecule has 0 spiro atoms. The lowest BCUT2D eigenvalue weighted by atomic mass is 10.2. The van der Waals surface area contributed by atoms with Gasteiger partial charge in [0.15, 0.2) is 0 Å². The van der Waals surface area contributed by atoms with Gasteiger partial charge >= 0.3 is 6.03 Å². The van der Waals surface area contributed by atoms with Crippen LogP contribution >= 0.6 is 0 Å². The van der Waals surface area contributed by atoms with Crippen molar-refractivity contribution >= 4 is 11.7 Å². The van der Waals surface area contributed by atoms with Gasteiger partial charge in [-0.3, -0.25) is 4.90 Å². The van der Waals surface area contributed by atoms with Gasteiger partial charge in [0.1, 0.15) is 5.82 Å². The van der Waals surface area contributed by atoms with Gasteiger partial charge in [0, 0.05) is 31.9 Å². The van der Waals surface area contributed by atoms with Crippen LogP contribution in [0.4, 0.5) is 14.9 Å². The number of hydrogen-bond acceptors (Lipinski definition) is 3. The molecule has 5 nitrogen and oxygen atoms in total. The molecule has 1 fully saturated rings. The number of nitrogens with one attached hydrogen (secondary N) is 2. The number of hydrogen-bond donors (Lipinski definition) is 2. The summed E-state index contributed by atoms with van der Waals surface area (Å²) >= 11 is 0. The van der Waals surface area contributed by atoms with Gasteiger partial charge in [-0.2, -0.15) is 0 Å². The van der Waals surface area contributed by atoms with Gasteiger partial charge in [-0.25, -0.2) is 9.18 Å². The standard InChI is InChI=1S/C19H22FN3O2/c20-16-8-6-15(7-9-16)13-23-10-11-25-18(14-23)12-21-19(24)22-17-4-2-1-3-5-17/h1-9,18H,10-14H2,(H2,21,22,24). The van der Waals surface area contributed by atoms with Crippen molar-refractivity contribution in [3.63, 3.8) is 0 Å². The van der Waals surface area contributed by atoms with Gasteiger partial charge in [0.05, 0.1) is 12.7 Å². The van der Waals surface area contributed by atoms with E-state index in [-0.39, 0.29) is 18.0 Å². The van der Waals surface area contributed by atoms with Crippen molar-refractivity contribution in [2.45, 2.75) is 12.6 Å². The summed E-state index contributed by atoms with van der Waals surface area (Å²) in [7, 11) is 0. The fraction of sp³-hybridized carbons (Fsp3) is 0.316. The monoisotopic (exact) mass is 343 g/mol. The van der Waals surface area contributed by atoms with Crippen LogP contribution in [0.3, 0.4) is 0 Å². The van der Waals surface area contributed by atoms with E-state index in [1.807, 2.05) is 30.3 Å². The third kappa shape index (κ3) is 5.55. The number of benzene rings is 2. The topological polar surface area (TPSA) is 53.6 Å². The maximum absolute atomic E-state index is 13.0. The third-order valence-corrected chi connectivity index (χ3v) is 4.06. The summed E-state index contributed by atoms with van der Waals surface area (Å²) in [5, 5.41) is 5.62. The van der Waals surface area contributed by atoms with Gasteiger partial charge in [0.2, 0.25) is 0 Å². The number of urea groups is 1. The molecule has 1 saturated heterocycles. The number of nitrogens with zero attached hydrogens (tertiary/aromatic N) is 1. The largest absolute Gasteiger partial charge is 0.374 e. The first-order chi connectivity index (χ1) is 12.2. The molecule has 2 aromatic rings. The fourth-order valence-electron chi connectivity index (χ4n) is 2.80. The molecule has 1 unspecified atom stereocenters. The normalized spacial score (nSPS) is 17.9. The number of carbonyl (C=O) groups excluding carboxylic acids is 1. The van der Waals surface area contributed by atoms with Gasteiger partial charge < -0.3 is 15.4 Å². The van der Waals surface area contributed by atoms with Crippen molar-refractivity contribution in [3.05, 3.63) is 66.0 Å². The SMILES string of the molecule is O=C(NCC1CN(Cc2ccc(F)cc2)CCO1)Nc1ccccc1. The zero-order valence-corrected chi connectivity index (χ0v) is 14.0. The Bertz CT molecular complexity index is 679. The molecule has 0 saturated carbocycles. The molecule has 1 aliphatic heterocycles. The Morgan fingerprint density at radius 2 is 1.92 bits per heavy atom. The Hall–Kier alpha value is -2.44. The number of carbonyl (C=O) groups is 1. The molecule has 6 heteroatoms. The minimum Gasteiger partial charge on any atom is -0.374 e. The predicted molar refractivity (Wildman–Crippen MR) is 94.9 cm³/mol. The highest BCUT2D eigenvalue weighted by atomic mass is 19.1. The molecule has 2 N–H and O–H groups in total. The average Bonchev–Trinajstić information content (AvgIpc) is 2.63. The minimum atomic E-state index is -0.245. The Morgan fingerprint density at radius 1 is 1.16 bits per heavy atom. The third-order valence-electron chi connectivity index (χ3n) is 4.06. The summed E-state index contributed by atoms with van der Waals surface area (Å²) in [6.45, 7) is 3.36. The molecule has 2 amide bonds.